The maximum absolute atomic E-state index is 12.8. The largest absolute Gasteiger partial charge is 0.417 e. The van der Waals surface area contributed by atoms with E-state index in [-0.39, 0.29) is 24.4 Å². The number of amides is 1. The molecule has 0 radical (unpaired) electrons. The molecule has 3 heterocycles. The van der Waals surface area contributed by atoms with Gasteiger partial charge in [-0.25, -0.2) is 9.97 Å². The van der Waals surface area contributed by atoms with Gasteiger partial charge in [0.05, 0.1) is 17.7 Å². The third-order valence-corrected chi connectivity index (χ3v) is 5.00. The minimum atomic E-state index is -4.47. The second kappa shape index (κ2) is 9.74. The molecule has 7 nitrogen and oxygen atoms in total. The molecule has 174 valence electrons. The van der Waals surface area contributed by atoms with E-state index in [1.807, 2.05) is 54.3 Å². The number of carbonyl (C=O) groups is 1. The third-order valence-electron chi connectivity index (χ3n) is 5.00. The van der Waals surface area contributed by atoms with Crippen molar-refractivity contribution < 1.29 is 18.0 Å². The summed E-state index contributed by atoms with van der Waals surface area (Å²) in [6, 6.07) is 10.3. The number of nitrogens with zero attached hydrogens (tertiary/aromatic N) is 4. The van der Waals surface area contributed by atoms with Crippen LogP contribution in [-0.4, -0.2) is 25.4 Å². The molecule has 2 N–H and O–H groups in total. The summed E-state index contributed by atoms with van der Waals surface area (Å²) in [7, 11) is 1.93. The molecule has 1 amide bonds. The summed E-state index contributed by atoms with van der Waals surface area (Å²) in [6.45, 7) is -0.0332. The molecule has 0 fully saturated rings. The van der Waals surface area contributed by atoms with E-state index >= 15 is 0 Å². The fourth-order valence-electron chi connectivity index (χ4n) is 3.25. The molecule has 4 aromatic rings. The van der Waals surface area contributed by atoms with Gasteiger partial charge in [-0.05, 0) is 28.8 Å². The lowest BCUT2D eigenvalue weighted by molar-refractivity contribution is -0.137. The van der Waals surface area contributed by atoms with Crippen LogP contribution < -0.4 is 10.6 Å². The van der Waals surface area contributed by atoms with E-state index < -0.39 is 11.7 Å². The van der Waals surface area contributed by atoms with Gasteiger partial charge in [-0.1, -0.05) is 24.3 Å². The first-order chi connectivity index (χ1) is 16.3. The second-order valence-corrected chi connectivity index (χ2v) is 7.72. The standard InChI is InChI=1S/C24H21F3N6O/c1-33-7-6-21(15-33)32-23-30-12-19(13-31-23)18-4-2-16(3-5-18)9-22(34)29-11-17-8-20(14-28-10-17)24(25,26)27/h2-8,10,12-15H,9,11H2,1H3,(H,29,34)(H,30,31,32). The highest BCUT2D eigenvalue weighted by atomic mass is 19.4. The van der Waals surface area contributed by atoms with Crippen molar-refractivity contribution in [1.29, 1.82) is 0 Å². The predicted octanol–water partition coefficient (Wildman–Crippen LogP) is 4.50. The maximum atomic E-state index is 12.8. The third kappa shape index (κ3) is 5.97. The van der Waals surface area contributed by atoms with Crippen molar-refractivity contribution in [3.05, 3.63) is 90.3 Å². The lowest BCUT2D eigenvalue weighted by atomic mass is 10.0. The summed E-state index contributed by atoms with van der Waals surface area (Å²) in [4.78, 5) is 24.5. The van der Waals surface area contributed by atoms with E-state index in [0.29, 0.717) is 5.95 Å². The van der Waals surface area contributed by atoms with Gasteiger partial charge in [-0.3, -0.25) is 9.78 Å². The molecule has 0 saturated carbocycles. The summed E-state index contributed by atoms with van der Waals surface area (Å²) in [5, 5.41) is 5.75. The van der Waals surface area contributed by atoms with Crippen molar-refractivity contribution in [2.75, 3.05) is 5.32 Å². The van der Waals surface area contributed by atoms with Crippen molar-refractivity contribution in [2.24, 2.45) is 7.05 Å². The first-order valence-electron chi connectivity index (χ1n) is 10.3. The number of rotatable bonds is 7. The van der Waals surface area contributed by atoms with Gasteiger partial charge >= 0.3 is 6.18 Å². The Hall–Kier alpha value is -4.21. The van der Waals surface area contributed by atoms with Crippen LogP contribution in [0.15, 0.2) is 73.6 Å². The smallest absolute Gasteiger partial charge is 0.355 e. The van der Waals surface area contributed by atoms with Gasteiger partial charge in [0.25, 0.3) is 0 Å². The Kier molecular flexibility index (Phi) is 6.58. The Balaban J connectivity index is 1.31. The van der Waals surface area contributed by atoms with Crippen molar-refractivity contribution in [1.82, 2.24) is 24.8 Å². The minimum Gasteiger partial charge on any atom is -0.355 e. The summed E-state index contributed by atoms with van der Waals surface area (Å²) < 4.78 is 40.3. The van der Waals surface area contributed by atoms with Crippen LogP contribution in [0.1, 0.15) is 16.7 Å². The molecule has 10 heteroatoms. The van der Waals surface area contributed by atoms with Gasteiger partial charge < -0.3 is 15.2 Å². The topological polar surface area (TPSA) is 84.7 Å². The lowest BCUT2D eigenvalue weighted by Gasteiger charge is -2.09. The number of aromatic nitrogens is 4. The number of hydrogen-bond acceptors (Lipinski definition) is 5. The zero-order chi connectivity index (χ0) is 24.1. The molecular formula is C24H21F3N6O. The van der Waals surface area contributed by atoms with Gasteiger partial charge in [-0.2, -0.15) is 13.2 Å². The monoisotopic (exact) mass is 466 g/mol. The average molecular weight is 466 g/mol. The summed E-state index contributed by atoms with van der Waals surface area (Å²) in [5.74, 6) is 0.184. The summed E-state index contributed by atoms with van der Waals surface area (Å²) >= 11 is 0. The minimum absolute atomic E-state index is 0.0332. The van der Waals surface area contributed by atoms with Crippen LogP contribution in [0.25, 0.3) is 11.1 Å². The van der Waals surface area contributed by atoms with Crippen LogP contribution in [0.4, 0.5) is 24.8 Å². The van der Waals surface area contributed by atoms with Crippen LogP contribution in [0.5, 0.6) is 0 Å². The maximum Gasteiger partial charge on any atom is 0.417 e. The Bertz CT molecular complexity index is 1270. The van der Waals surface area contributed by atoms with Gasteiger partial charge in [-0.15, -0.1) is 0 Å². The van der Waals surface area contributed by atoms with E-state index in [4.69, 9.17) is 0 Å². The predicted molar refractivity (Wildman–Crippen MR) is 121 cm³/mol. The number of halogens is 3. The zero-order valence-electron chi connectivity index (χ0n) is 18.2. The number of hydrogen-bond donors (Lipinski definition) is 2. The average Bonchev–Trinajstić information content (AvgIpc) is 3.23. The number of anilines is 2. The fourth-order valence-corrected chi connectivity index (χ4v) is 3.25. The Morgan fingerprint density at radius 2 is 1.71 bits per heavy atom. The Labute approximate surface area is 193 Å². The van der Waals surface area contributed by atoms with Crippen LogP contribution in [0, 0.1) is 0 Å². The van der Waals surface area contributed by atoms with E-state index in [1.54, 1.807) is 12.4 Å². The highest BCUT2D eigenvalue weighted by molar-refractivity contribution is 5.78. The first kappa shape index (κ1) is 23.0. The van der Waals surface area contributed by atoms with E-state index in [0.717, 1.165) is 34.6 Å². The molecule has 0 unspecified atom stereocenters. The number of pyridine rings is 1. The van der Waals surface area contributed by atoms with Crippen LogP contribution >= 0.6 is 0 Å². The van der Waals surface area contributed by atoms with Crippen molar-refractivity contribution in [3.8, 4) is 11.1 Å². The van der Waals surface area contributed by atoms with Gasteiger partial charge in [0.15, 0.2) is 0 Å². The number of alkyl halides is 3. The van der Waals surface area contributed by atoms with Crippen molar-refractivity contribution in [2.45, 2.75) is 19.1 Å². The summed E-state index contributed by atoms with van der Waals surface area (Å²) in [5.41, 5.74) is 2.82. The fraction of sp³-hybridized carbons (Fsp3) is 0.167. The molecular weight excluding hydrogens is 445 g/mol. The SMILES string of the molecule is Cn1ccc(Nc2ncc(-c3ccc(CC(=O)NCc4cncc(C(F)(F)F)c4)cc3)cn2)c1. The second-order valence-electron chi connectivity index (χ2n) is 7.72. The highest BCUT2D eigenvalue weighted by Gasteiger charge is 2.30. The number of nitrogens with one attached hydrogen (secondary N) is 2. The Morgan fingerprint density at radius 3 is 2.35 bits per heavy atom. The molecule has 34 heavy (non-hydrogen) atoms. The number of carbonyl (C=O) groups excluding carboxylic acids is 1. The number of aryl methyl sites for hydroxylation is 1. The van der Waals surface area contributed by atoms with Gasteiger partial charge in [0, 0.05) is 56.3 Å². The molecule has 0 aliphatic heterocycles. The van der Waals surface area contributed by atoms with Gasteiger partial charge in [0.1, 0.15) is 0 Å². The molecule has 0 aliphatic carbocycles. The molecule has 1 aromatic carbocycles. The quantitative estimate of drug-likeness (QED) is 0.419. The molecule has 0 bridgehead atoms. The molecule has 4 rings (SSSR count). The van der Waals surface area contributed by atoms with Crippen LogP contribution in [0.2, 0.25) is 0 Å². The van der Waals surface area contributed by atoms with E-state index in [9.17, 15) is 18.0 Å². The van der Waals surface area contributed by atoms with E-state index in [2.05, 4.69) is 25.6 Å². The van der Waals surface area contributed by atoms with E-state index in [1.165, 1.54) is 6.20 Å². The highest BCUT2D eigenvalue weighted by Crippen LogP contribution is 2.28. The van der Waals surface area contributed by atoms with Crippen LogP contribution in [-0.2, 0) is 31.0 Å². The molecule has 0 aliphatic rings. The lowest BCUT2D eigenvalue weighted by Crippen LogP contribution is -2.24. The first-order valence-corrected chi connectivity index (χ1v) is 10.3. The van der Waals surface area contributed by atoms with Crippen molar-refractivity contribution >= 4 is 17.5 Å². The molecule has 0 saturated heterocycles. The zero-order valence-corrected chi connectivity index (χ0v) is 18.2. The Morgan fingerprint density at radius 1 is 0.971 bits per heavy atom. The summed E-state index contributed by atoms with van der Waals surface area (Å²) in [6.07, 6.45) is 4.94. The van der Waals surface area contributed by atoms with Crippen LogP contribution in [0.3, 0.4) is 0 Å². The number of benzene rings is 1. The van der Waals surface area contributed by atoms with Crippen molar-refractivity contribution in [3.63, 3.8) is 0 Å². The molecule has 3 aromatic heterocycles. The molecule has 0 atom stereocenters. The van der Waals surface area contributed by atoms with Gasteiger partial charge in [0.2, 0.25) is 11.9 Å². The normalized spacial score (nSPS) is 11.3. The molecule has 0 spiro atoms.